The van der Waals surface area contributed by atoms with E-state index in [1.807, 2.05) is 18.2 Å². The Hall–Kier alpha value is -3.27. The maximum Gasteiger partial charge on any atom is 0.315 e. The number of rotatable bonds is 9. The number of carbonyl (C=O) groups excluding carboxylic acids is 1. The van der Waals surface area contributed by atoms with Crippen LogP contribution in [-0.2, 0) is 27.4 Å². The Bertz CT molecular complexity index is 1550. The van der Waals surface area contributed by atoms with Crippen molar-refractivity contribution in [3.05, 3.63) is 95.1 Å². The van der Waals surface area contributed by atoms with E-state index in [1.54, 1.807) is 0 Å². The second-order valence-electron chi connectivity index (χ2n) is 15.5. The normalized spacial score (nSPS) is 32.6. The molecule has 8 heteroatoms. The number of aliphatic hydroxyl groups excluding tert-OH is 1. The average Bonchev–Trinajstić information content (AvgIpc) is 3.11. The minimum atomic E-state index is -0.510. The number of carbonyl (C=O) groups is 1. The first-order chi connectivity index (χ1) is 23.9. The predicted molar refractivity (Wildman–Crippen MR) is 188 cm³/mol. The van der Waals surface area contributed by atoms with Crippen LogP contribution in [0.4, 0.5) is 4.79 Å². The van der Waals surface area contributed by atoms with E-state index in [4.69, 9.17) is 14.2 Å². The van der Waals surface area contributed by atoms with Gasteiger partial charge in [0.05, 0.1) is 32.0 Å². The Morgan fingerprint density at radius 3 is 2.18 bits per heavy atom. The largest absolute Gasteiger partial charge is 0.392 e. The summed E-state index contributed by atoms with van der Waals surface area (Å²) in [6.07, 6.45) is 6.85. The summed E-state index contributed by atoms with van der Waals surface area (Å²) in [5.74, 6) is 2.52. The van der Waals surface area contributed by atoms with Crippen LogP contribution in [0, 0.1) is 23.7 Å². The van der Waals surface area contributed by atoms with E-state index in [-0.39, 0.29) is 36.3 Å². The van der Waals surface area contributed by atoms with Gasteiger partial charge in [0.1, 0.15) is 0 Å². The molecule has 49 heavy (non-hydrogen) atoms. The second kappa shape index (κ2) is 14.2. The van der Waals surface area contributed by atoms with Crippen LogP contribution in [0.1, 0.15) is 80.1 Å². The molecule has 4 atom stereocenters. The molecule has 4 bridgehead atoms. The Labute approximate surface area is 290 Å². The van der Waals surface area contributed by atoms with Crippen LogP contribution < -0.4 is 10.6 Å². The molecular weight excluding hydrogens is 614 g/mol. The highest BCUT2D eigenvalue weighted by Crippen LogP contribution is 2.55. The van der Waals surface area contributed by atoms with Crippen LogP contribution in [0.2, 0.25) is 0 Å². The van der Waals surface area contributed by atoms with Crippen LogP contribution in [0.5, 0.6) is 0 Å². The molecule has 260 valence electrons. The van der Waals surface area contributed by atoms with Crippen LogP contribution in [-0.4, -0.2) is 60.5 Å². The molecule has 2 amide bonds. The first kappa shape index (κ1) is 32.9. The zero-order chi connectivity index (χ0) is 33.4. The number of hydrogen-bond acceptors (Lipinski definition) is 6. The number of nitrogens with one attached hydrogen (secondary N) is 2. The van der Waals surface area contributed by atoms with E-state index in [0.717, 1.165) is 103 Å². The van der Waals surface area contributed by atoms with Crippen molar-refractivity contribution in [3.8, 4) is 11.1 Å². The predicted octanol–water partition coefficient (Wildman–Crippen LogP) is 6.74. The highest BCUT2D eigenvalue weighted by atomic mass is 16.7. The Morgan fingerprint density at radius 1 is 0.857 bits per heavy atom. The molecule has 2 aliphatic heterocycles. The van der Waals surface area contributed by atoms with Crippen molar-refractivity contribution >= 4 is 6.03 Å². The molecular formula is C41H51N3O5. The number of ether oxygens (including phenoxy) is 3. The number of aliphatic hydroxyl groups is 1. The third kappa shape index (κ3) is 7.17. The molecule has 0 radical (unpaired) electrons. The molecule has 2 heterocycles. The minimum absolute atomic E-state index is 0.00166. The molecule has 0 aromatic heterocycles. The lowest BCUT2D eigenvalue weighted by Gasteiger charge is -2.56. The number of urea groups is 1. The van der Waals surface area contributed by atoms with E-state index >= 15 is 0 Å². The van der Waals surface area contributed by atoms with Crippen LogP contribution in [0.15, 0.2) is 72.8 Å². The van der Waals surface area contributed by atoms with Gasteiger partial charge in [0.25, 0.3) is 0 Å². The molecule has 2 saturated heterocycles. The molecule has 6 fully saturated rings. The Morgan fingerprint density at radius 2 is 1.51 bits per heavy atom. The van der Waals surface area contributed by atoms with Gasteiger partial charge in [-0.2, -0.15) is 0 Å². The summed E-state index contributed by atoms with van der Waals surface area (Å²) < 4.78 is 19.0. The molecule has 3 aromatic rings. The fraction of sp³-hybridized carbons (Fsp3) is 0.537. The van der Waals surface area contributed by atoms with Gasteiger partial charge in [-0.3, -0.25) is 4.90 Å². The number of amides is 2. The summed E-state index contributed by atoms with van der Waals surface area (Å²) in [5.41, 5.74) is 6.24. The van der Waals surface area contributed by atoms with E-state index in [1.165, 1.54) is 19.3 Å². The minimum Gasteiger partial charge on any atom is -0.392 e. The van der Waals surface area contributed by atoms with Crippen molar-refractivity contribution < 1.29 is 24.1 Å². The summed E-state index contributed by atoms with van der Waals surface area (Å²) >= 11 is 0. The molecule has 3 aromatic carbocycles. The van der Waals surface area contributed by atoms with Crippen molar-refractivity contribution in [2.45, 2.75) is 82.6 Å². The van der Waals surface area contributed by atoms with E-state index in [2.05, 4.69) is 77.1 Å². The summed E-state index contributed by atoms with van der Waals surface area (Å²) in [5, 5.41) is 16.2. The third-order valence-electron chi connectivity index (χ3n) is 12.0. The highest BCUT2D eigenvalue weighted by Gasteiger charge is 2.51. The fourth-order valence-electron chi connectivity index (χ4n) is 9.87. The smallest absolute Gasteiger partial charge is 0.315 e. The molecule has 9 rings (SSSR count). The van der Waals surface area contributed by atoms with Gasteiger partial charge in [-0.05, 0) is 84.1 Å². The van der Waals surface area contributed by atoms with E-state index in [0.29, 0.717) is 6.54 Å². The lowest BCUT2D eigenvalue weighted by atomic mass is 9.53. The molecule has 3 N–H and O–H groups in total. The average molecular weight is 666 g/mol. The van der Waals surface area contributed by atoms with Crippen molar-refractivity contribution in [1.29, 1.82) is 0 Å². The van der Waals surface area contributed by atoms with Crippen molar-refractivity contribution in [2.24, 2.45) is 23.7 Å². The molecule has 4 saturated carbocycles. The zero-order valence-corrected chi connectivity index (χ0v) is 28.7. The van der Waals surface area contributed by atoms with Gasteiger partial charge in [-0.15, -0.1) is 0 Å². The lowest BCUT2D eigenvalue weighted by molar-refractivity contribution is -0.277. The van der Waals surface area contributed by atoms with Gasteiger partial charge >= 0.3 is 6.03 Å². The molecule has 4 aliphatic carbocycles. The van der Waals surface area contributed by atoms with Crippen LogP contribution in [0.25, 0.3) is 11.1 Å². The quantitative estimate of drug-likeness (QED) is 0.235. The molecule has 8 nitrogen and oxygen atoms in total. The monoisotopic (exact) mass is 665 g/mol. The van der Waals surface area contributed by atoms with Crippen molar-refractivity contribution in [1.82, 2.24) is 15.5 Å². The van der Waals surface area contributed by atoms with Crippen LogP contribution >= 0.6 is 0 Å². The molecule has 0 unspecified atom stereocenters. The molecule has 0 spiro atoms. The van der Waals surface area contributed by atoms with Crippen molar-refractivity contribution in [3.63, 3.8) is 0 Å². The number of morpholine rings is 1. The zero-order valence-electron chi connectivity index (χ0n) is 28.7. The summed E-state index contributed by atoms with van der Waals surface area (Å²) in [6, 6.07) is 24.9. The highest BCUT2D eigenvalue weighted by molar-refractivity contribution is 5.76. The standard InChI is InChI=1S/C41H51N3O5/c1-27-37(25-44-14-16-47-17-15-44)48-39(49-38(27)33-8-6-28(26-45)7-9-33)34-12-10-32(11-13-34)36-5-3-2-4-35(36)24-42-40(46)43-41-21-29-18-30(22-41)20-31(19-29)23-41/h2-13,27,29-31,37-39,45H,14-26H2,1H3,(H2,42,43,46)/t27-,29?,30?,31?,37+,38+,39+,41?/m0/s1. The van der Waals surface area contributed by atoms with Crippen molar-refractivity contribution in [2.75, 3.05) is 32.8 Å². The second-order valence-corrected chi connectivity index (χ2v) is 15.5. The van der Waals surface area contributed by atoms with E-state index < -0.39 is 6.29 Å². The maximum absolute atomic E-state index is 13.2. The first-order valence-corrected chi connectivity index (χ1v) is 18.5. The van der Waals surface area contributed by atoms with E-state index in [9.17, 15) is 9.90 Å². The van der Waals surface area contributed by atoms with Gasteiger partial charge in [0.2, 0.25) is 0 Å². The maximum atomic E-state index is 13.2. The summed E-state index contributed by atoms with van der Waals surface area (Å²) in [4.78, 5) is 15.7. The molecule has 6 aliphatic rings. The first-order valence-electron chi connectivity index (χ1n) is 18.5. The van der Waals surface area contributed by atoms with Gasteiger partial charge in [0.15, 0.2) is 6.29 Å². The van der Waals surface area contributed by atoms with Gasteiger partial charge < -0.3 is 30.0 Å². The Kier molecular flexibility index (Phi) is 9.51. The lowest BCUT2D eigenvalue weighted by Crippen LogP contribution is -2.61. The van der Waals surface area contributed by atoms with Gasteiger partial charge in [0, 0.05) is 43.2 Å². The Balaban J connectivity index is 0.960. The van der Waals surface area contributed by atoms with Gasteiger partial charge in [-0.25, -0.2) is 4.79 Å². The number of benzene rings is 3. The third-order valence-corrected chi connectivity index (χ3v) is 12.0. The fourth-order valence-corrected chi connectivity index (χ4v) is 9.87. The van der Waals surface area contributed by atoms with Crippen LogP contribution in [0.3, 0.4) is 0 Å². The summed E-state index contributed by atoms with van der Waals surface area (Å²) in [6.45, 7) is 6.84. The topological polar surface area (TPSA) is 92.3 Å². The number of hydrogen-bond donors (Lipinski definition) is 3. The number of nitrogens with zero attached hydrogens (tertiary/aromatic N) is 1. The summed E-state index contributed by atoms with van der Waals surface area (Å²) in [7, 11) is 0. The van der Waals surface area contributed by atoms with Gasteiger partial charge in [-0.1, -0.05) is 79.7 Å². The SMILES string of the molecule is C[C@H]1[C@@H](CN2CCOCC2)O[C@@H](c2ccc(-c3ccccc3CNC(=O)NC34CC5CC(CC(C5)C3)C4)cc2)O[C@H]1c1ccc(CO)cc1.